The van der Waals surface area contributed by atoms with Gasteiger partial charge < -0.3 is 14.6 Å². The first kappa shape index (κ1) is 18.9. The van der Waals surface area contributed by atoms with Gasteiger partial charge in [-0.05, 0) is 50.1 Å². The van der Waals surface area contributed by atoms with Crippen molar-refractivity contribution in [2.45, 2.75) is 32.4 Å². The van der Waals surface area contributed by atoms with E-state index >= 15 is 0 Å². The molecule has 2 aromatic rings. The van der Waals surface area contributed by atoms with Gasteiger partial charge in [-0.15, -0.1) is 0 Å². The number of benzene rings is 2. The molecule has 2 amide bonds. The summed E-state index contributed by atoms with van der Waals surface area (Å²) in [6.45, 7) is 3.95. The predicted molar refractivity (Wildman–Crippen MR) is 100 cm³/mol. The fourth-order valence-corrected chi connectivity index (χ4v) is 3.37. The topological polar surface area (TPSA) is 76.1 Å². The lowest BCUT2D eigenvalue weighted by molar-refractivity contribution is 0.0523. The molecule has 1 heterocycles. The van der Waals surface area contributed by atoms with Crippen LogP contribution in [0.4, 0.5) is 0 Å². The van der Waals surface area contributed by atoms with Gasteiger partial charge in [0, 0.05) is 0 Å². The average molecular weight is 369 g/mol. The largest absolute Gasteiger partial charge is 0.493 e. The third-order valence-corrected chi connectivity index (χ3v) is 4.57. The van der Waals surface area contributed by atoms with Gasteiger partial charge in [-0.3, -0.25) is 14.5 Å². The molecule has 0 bridgehead atoms. The fourth-order valence-electron chi connectivity index (χ4n) is 3.37. The second-order valence-electron chi connectivity index (χ2n) is 6.47. The Balaban J connectivity index is 2.05. The van der Waals surface area contributed by atoms with Crippen LogP contribution in [0.3, 0.4) is 0 Å². The zero-order chi connectivity index (χ0) is 19.6. The Bertz CT molecular complexity index is 826. The number of aliphatic hydroxyl groups excluding tert-OH is 1. The van der Waals surface area contributed by atoms with Crippen molar-refractivity contribution in [1.29, 1.82) is 0 Å². The van der Waals surface area contributed by atoms with Gasteiger partial charge >= 0.3 is 0 Å². The van der Waals surface area contributed by atoms with Crippen molar-refractivity contribution in [3.8, 4) is 11.5 Å². The van der Waals surface area contributed by atoms with Crippen molar-refractivity contribution in [3.63, 3.8) is 0 Å². The number of ether oxygens (including phenoxy) is 2. The number of hydrogen-bond acceptors (Lipinski definition) is 5. The molecule has 0 radical (unpaired) electrons. The van der Waals surface area contributed by atoms with Crippen molar-refractivity contribution in [3.05, 3.63) is 59.2 Å². The number of nitrogens with zero attached hydrogens (tertiary/aromatic N) is 1. The molecule has 0 spiro atoms. The molecule has 142 valence electrons. The van der Waals surface area contributed by atoms with Crippen LogP contribution in [0.25, 0.3) is 0 Å². The Morgan fingerprint density at radius 2 is 1.67 bits per heavy atom. The predicted octanol–water partition coefficient (Wildman–Crippen LogP) is 3.20. The molecule has 0 fully saturated rings. The Kier molecular flexibility index (Phi) is 5.46. The van der Waals surface area contributed by atoms with Crippen LogP contribution in [-0.2, 0) is 0 Å². The first-order valence-corrected chi connectivity index (χ1v) is 8.93. The van der Waals surface area contributed by atoms with Gasteiger partial charge in [0.2, 0.25) is 0 Å². The van der Waals surface area contributed by atoms with Crippen LogP contribution < -0.4 is 9.47 Å². The lowest BCUT2D eigenvalue weighted by atomic mass is 9.98. The number of amides is 2. The van der Waals surface area contributed by atoms with E-state index in [1.54, 1.807) is 56.5 Å². The van der Waals surface area contributed by atoms with E-state index in [1.807, 2.05) is 6.92 Å². The van der Waals surface area contributed by atoms with E-state index in [0.29, 0.717) is 34.8 Å². The van der Waals surface area contributed by atoms with E-state index in [-0.39, 0.29) is 18.2 Å². The second-order valence-corrected chi connectivity index (χ2v) is 6.47. The number of carbonyl (C=O) groups excluding carboxylic acids is 2. The highest BCUT2D eigenvalue weighted by Gasteiger charge is 2.40. The highest BCUT2D eigenvalue weighted by Crippen LogP contribution is 2.37. The molecular formula is C21H23NO5. The van der Waals surface area contributed by atoms with Crippen molar-refractivity contribution in [2.24, 2.45) is 0 Å². The summed E-state index contributed by atoms with van der Waals surface area (Å²) in [4.78, 5) is 27.0. The number of hydrogen-bond donors (Lipinski definition) is 1. The maximum Gasteiger partial charge on any atom is 0.262 e. The smallest absolute Gasteiger partial charge is 0.262 e. The third-order valence-electron chi connectivity index (χ3n) is 4.57. The van der Waals surface area contributed by atoms with Crippen LogP contribution >= 0.6 is 0 Å². The third kappa shape index (κ3) is 3.53. The summed E-state index contributed by atoms with van der Waals surface area (Å²) in [6.07, 6.45) is -0.472. The molecule has 27 heavy (non-hydrogen) atoms. The molecule has 2 aromatic carbocycles. The highest BCUT2D eigenvalue weighted by molar-refractivity contribution is 6.21. The fraction of sp³-hybridized carbons (Fsp3) is 0.333. The van der Waals surface area contributed by atoms with E-state index in [9.17, 15) is 14.7 Å². The van der Waals surface area contributed by atoms with Crippen LogP contribution in [0.1, 0.15) is 52.6 Å². The molecule has 6 nitrogen and oxygen atoms in total. The molecule has 0 aliphatic carbocycles. The summed E-state index contributed by atoms with van der Waals surface area (Å²) in [7, 11) is 1.55. The minimum Gasteiger partial charge on any atom is -0.493 e. The van der Waals surface area contributed by atoms with Gasteiger partial charge in [0.25, 0.3) is 11.8 Å². The van der Waals surface area contributed by atoms with E-state index in [0.717, 1.165) is 0 Å². The van der Waals surface area contributed by atoms with Crippen molar-refractivity contribution < 1.29 is 24.2 Å². The number of aliphatic hydroxyl groups is 1. The van der Waals surface area contributed by atoms with E-state index in [4.69, 9.17) is 9.47 Å². The number of fused-ring (bicyclic) bond motifs is 1. The minimum atomic E-state index is -0.697. The Hall–Kier alpha value is -2.86. The summed E-state index contributed by atoms with van der Waals surface area (Å²) in [5.74, 6) is 0.397. The molecule has 0 aromatic heterocycles. The van der Waals surface area contributed by atoms with Crippen LogP contribution in [0, 0.1) is 0 Å². The number of rotatable bonds is 7. The second kappa shape index (κ2) is 7.80. The first-order chi connectivity index (χ1) is 13.0. The SMILES string of the molecule is CCOc1cc(C(CC(C)O)N2C(=O)c3ccccc3C2=O)ccc1OC. The van der Waals surface area contributed by atoms with Crippen molar-refractivity contribution >= 4 is 11.8 Å². The molecule has 1 N–H and O–H groups in total. The van der Waals surface area contributed by atoms with Gasteiger partial charge in [-0.25, -0.2) is 0 Å². The zero-order valence-corrected chi connectivity index (χ0v) is 15.6. The van der Waals surface area contributed by atoms with Crippen LogP contribution in [0.5, 0.6) is 11.5 Å². The number of methoxy groups -OCH3 is 1. The summed E-state index contributed by atoms with van der Waals surface area (Å²) < 4.78 is 10.9. The van der Waals surface area contributed by atoms with Crippen LogP contribution in [0.2, 0.25) is 0 Å². The molecule has 2 atom stereocenters. The van der Waals surface area contributed by atoms with E-state index in [2.05, 4.69) is 0 Å². The Morgan fingerprint density at radius 3 is 2.19 bits per heavy atom. The summed E-state index contributed by atoms with van der Waals surface area (Å²) in [6, 6.07) is 11.4. The lowest BCUT2D eigenvalue weighted by Crippen LogP contribution is -2.35. The van der Waals surface area contributed by atoms with Crippen LogP contribution in [-0.4, -0.2) is 41.6 Å². The number of imide groups is 1. The Morgan fingerprint density at radius 1 is 1.04 bits per heavy atom. The molecule has 0 saturated carbocycles. The highest BCUT2D eigenvalue weighted by atomic mass is 16.5. The summed E-state index contributed by atoms with van der Waals surface area (Å²) in [5, 5.41) is 10.0. The zero-order valence-electron chi connectivity index (χ0n) is 15.6. The molecule has 6 heteroatoms. The maximum absolute atomic E-state index is 12.9. The normalized spacial score (nSPS) is 15.5. The number of carbonyl (C=O) groups is 2. The van der Waals surface area contributed by atoms with Gasteiger partial charge in [-0.2, -0.15) is 0 Å². The molecule has 2 unspecified atom stereocenters. The van der Waals surface area contributed by atoms with Gasteiger partial charge in [0.05, 0.1) is 37.0 Å². The van der Waals surface area contributed by atoms with Gasteiger partial charge in [0.1, 0.15) is 0 Å². The molecular weight excluding hydrogens is 346 g/mol. The van der Waals surface area contributed by atoms with Crippen molar-refractivity contribution in [1.82, 2.24) is 4.90 Å². The Labute approximate surface area is 158 Å². The van der Waals surface area contributed by atoms with E-state index < -0.39 is 12.1 Å². The quantitative estimate of drug-likeness (QED) is 0.759. The lowest BCUT2D eigenvalue weighted by Gasteiger charge is -2.28. The molecule has 1 aliphatic heterocycles. The van der Waals surface area contributed by atoms with Crippen LogP contribution in [0.15, 0.2) is 42.5 Å². The average Bonchev–Trinajstić information content (AvgIpc) is 2.91. The van der Waals surface area contributed by atoms with Gasteiger partial charge in [-0.1, -0.05) is 18.2 Å². The standard InChI is InChI=1S/C21H23NO5/c1-4-27-19-12-14(9-10-18(19)26-3)17(11-13(2)23)22-20(24)15-7-5-6-8-16(15)21(22)25/h5-10,12-13,17,23H,4,11H2,1-3H3. The molecule has 0 saturated heterocycles. The molecule has 1 aliphatic rings. The monoisotopic (exact) mass is 369 g/mol. The summed E-state index contributed by atoms with van der Waals surface area (Å²) >= 11 is 0. The summed E-state index contributed by atoms with van der Waals surface area (Å²) in [5.41, 5.74) is 1.47. The van der Waals surface area contributed by atoms with E-state index in [1.165, 1.54) is 4.90 Å². The van der Waals surface area contributed by atoms with Crippen molar-refractivity contribution in [2.75, 3.05) is 13.7 Å². The first-order valence-electron chi connectivity index (χ1n) is 8.93. The molecule has 3 rings (SSSR count). The van der Waals surface area contributed by atoms with Gasteiger partial charge in [0.15, 0.2) is 11.5 Å². The maximum atomic E-state index is 12.9. The minimum absolute atomic E-state index is 0.226.